The molecule has 0 amide bonds. The van der Waals surface area contributed by atoms with Gasteiger partial charge in [0.05, 0.1) is 5.82 Å². The molecular formula is C24H36N4. The normalized spacial score (nSPS) is 26.8. The van der Waals surface area contributed by atoms with E-state index in [4.69, 9.17) is 5.73 Å². The first-order valence-electron chi connectivity index (χ1n) is 11.0. The number of fused-ring (bicyclic) bond motifs is 2. The maximum absolute atomic E-state index is 6.85. The largest absolute Gasteiger partial charge is 0.370 e. The lowest BCUT2D eigenvalue weighted by atomic mass is 9.72. The van der Waals surface area contributed by atoms with Gasteiger partial charge in [0, 0.05) is 42.1 Å². The second kappa shape index (κ2) is 7.47. The van der Waals surface area contributed by atoms with Crippen LogP contribution in [0.1, 0.15) is 63.5 Å². The maximum Gasteiger partial charge on any atom is 0.0986 e. The summed E-state index contributed by atoms with van der Waals surface area (Å²) in [6.45, 7) is 15.1. The van der Waals surface area contributed by atoms with Crippen molar-refractivity contribution >= 4 is 11.4 Å². The number of nitrogens with zero attached hydrogens (tertiary/aromatic N) is 2. The molecule has 3 aliphatic rings. The highest BCUT2D eigenvalue weighted by molar-refractivity contribution is 5.70. The summed E-state index contributed by atoms with van der Waals surface area (Å²) in [6.07, 6.45) is 8.31. The number of nitrogens with two attached hydrogens (primary N) is 1. The summed E-state index contributed by atoms with van der Waals surface area (Å²) in [5.74, 6) is 0.992. The molecule has 1 aromatic rings. The molecule has 4 heteroatoms. The number of nitrogens with one attached hydrogen (secondary N) is 1. The van der Waals surface area contributed by atoms with Gasteiger partial charge in [0.1, 0.15) is 0 Å². The minimum absolute atomic E-state index is 0.0206. The van der Waals surface area contributed by atoms with E-state index in [1.54, 1.807) is 0 Å². The van der Waals surface area contributed by atoms with Crippen LogP contribution < -0.4 is 16.0 Å². The van der Waals surface area contributed by atoms with E-state index in [9.17, 15) is 0 Å². The van der Waals surface area contributed by atoms with Gasteiger partial charge in [0.2, 0.25) is 0 Å². The molecule has 2 unspecified atom stereocenters. The third-order valence-electron chi connectivity index (χ3n) is 6.89. The van der Waals surface area contributed by atoms with Crippen molar-refractivity contribution in [2.75, 3.05) is 18.0 Å². The first-order valence-corrected chi connectivity index (χ1v) is 11.0. The average molecular weight is 381 g/mol. The number of piperidine rings is 1. The standard InChI is InChI=1S/C24H36N4/c1-17(2)26-19(4)28-15-11-21-16-20(9-10-22(21)28)18(3)27-14-7-13-24(25)12-6-5-8-23(24)27/h9-10,16-17,23,26H,3-8,11-15,25H2,1-2H3. The van der Waals surface area contributed by atoms with Crippen molar-refractivity contribution in [3.63, 3.8) is 0 Å². The van der Waals surface area contributed by atoms with E-state index in [0.717, 1.165) is 43.9 Å². The van der Waals surface area contributed by atoms with E-state index in [2.05, 4.69) is 60.3 Å². The Hall–Kier alpha value is -1.94. The maximum atomic E-state index is 6.85. The summed E-state index contributed by atoms with van der Waals surface area (Å²) in [6, 6.07) is 7.66. The van der Waals surface area contributed by atoms with Gasteiger partial charge in [-0.25, -0.2) is 0 Å². The smallest absolute Gasteiger partial charge is 0.0986 e. The van der Waals surface area contributed by atoms with Gasteiger partial charge < -0.3 is 20.9 Å². The Morgan fingerprint density at radius 2 is 1.96 bits per heavy atom. The fourth-order valence-corrected chi connectivity index (χ4v) is 5.50. The van der Waals surface area contributed by atoms with Crippen LogP contribution in [0.4, 0.5) is 5.69 Å². The molecule has 1 saturated heterocycles. The summed E-state index contributed by atoms with van der Waals surface area (Å²) >= 11 is 0. The monoisotopic (exact) mass is 380 g/mol. The number of anilines is 1. The first kappa shape index (κ1) is 19.4. The topological polar surface area (TPSA) is 44.5 Å². The first-order chi connectivity index (χ1) is 13.4. The third-order valence-corrected chi connectivity index (χ3v) is 6.89. The predicted octanol–water partition coefficient (Wildman–Crippen LogP) is 4.22. The van der Waals surface area contributed by atoms with E-state index in [0.29, 0.717) is 12.1 Å². The number of hydrogen-bond acceptors (Lipinski definition) is 4. The Balaban J connectivity index is 1.54. The summed E-state index contributed by atoms with van der Waals surface area (Å²) in [5.41, 5.74) is 11.9. The predicted molar refractivity (Wildman–Crippen MR) is 119 cm³/mol. The van der Waals surface area contributed by atoms with Gasteiger partial charge in [0.25, 0.3) is 0 Å². The zero-order valence-electron chi connectivity index (χ0n) is 17.6. The van der Waals surface area contributed by atoms with E-state index >= 15 is 0 Å². The molecule has 4 rings (SSSR count). The Morgan fingerprint density at radius 1 is 1.18 bits per heavy atom. The van der Waals surface area contributed by atoms with E-state index < -0.39 is 0 Å². The van der Waals surface area contributed by atoms with Crippen molar-refractivity contribution < 1.29 is 0 Å². The Morgan fingerprint density at radius 3 is 2.75 bits per heavy atom. The molecule has 28 heavy (non-hydrogen) atoms. The van der Waals surface area contributed by atoms with Crippen molar-refractivity contribution in [3.05, 3.63) is 48.3 Å². The van der Waals surface area contributed by atoms with Crippen LogP contribution in [0.15, 0.2) is 37.2 Å². The molecule has 0 bridgehead atoms. The van der Waals surface area contributed by atoms with Crippen molar-refractivity contribution in [3.8, 4) is 0 Å². The van der Waals surface area contributed by atoms with Crippen LogP contribution in [0.25, 0.3) is 5.70 Å². The number of hydrogen-bond donors (Lipinski definition) is 2. The molecule has 2 fully saturated rings. The van der Waals surface area contributed by atoms with Gasteiger partial charge in [-0.1, -0.05) is 32.1 Å². The summed E-state index contributed by atoms with van der Waals surface area (Å²) in [4.78, 5) is 4.82. The molecule has 2 atom stereocenters. The van der Waals surface area contributed by atoms with Crippen LogP contribution in [-0.2, 0) is 6.42 Å². The minimum atomic E-state index is -0.0206. The van der Waals surface area contributed by atoms with Crippen molar-refractivity contribution in [1.82, 2.24) is 10.2 Å². The highest BCUT2D eigenvalue weighted by Gasteiger charge is 2.43. The van der Waals surface area contributed by atoms with E-state index in [-0.39, 0.29) is 5.54 Å². The van der Waals surface area contributed by atoms with Crippen molar-refractivity contribution in [1.29, 1.82) is 0 Å². The van der Waals surface area contributed by atoms with Crippen LogP contribution in [0.5, 0.6) is 0 Å². The molecule has 152 valence electrons. The molecule has 3 N–H and O–H groups in total. The Bertz CT molecular complexity index is 764. The zero-order valence-corrected chi connectivity index (χ0v) is 17.6. The summed E-state index contributed by atoms with van der Waals surface area (Å²) < 4.78 is 0. The molecule has 1 aliphatic carbocycles. The minimum Gasteiger partial charge on any atom is -0.370 e. The van der Waals surface area contributed by atoms with Gasteiger partial charge in [0.15, 0.2) is 0 Å². The summed E-state index contributed by atoms with van der Waals surface area (Å²) in [5, 5.41) is 3.44. The molecule has 2 aliphatic heterocycles. The molecular weight excluding hydrogens is 344 g/mol. The van der Waals surface area contributed by atoms with Gasteiger partial charge in [-0.2, -0.15) is 0 Å². The Kier molecular flexibility index (Phi) is 5.17. The second-order valence-electron chi connectivity index (χ2n) is 9.23. The van der Waals surface area contributed by atoms with E-state index in [1.807, 2.05) is 0 Å². The van der Waals surface area contributed by atoms with Gasteiger partial charge >= 0.3 is 0 Å². The molecule has 4 nitrogen and oxygen atoms in total. The van der Waals surface area contributed by atoms with Crippen LogP contribution in [0.3, 0.4) is 0 Å². The molecule has 1 aromatic carbocycles. The molecule has 0 spiro atoms. The number of rotatable bonds is 5. The van der Waals surface area contributed by atoms with Crippen LogP contribution in [0.2, 0.25) is 0 Å². The third kappa shape index (κ3) is 3.43. The average Bonchev–Trinajstić information content (AvgIpc) is 3.09. The van der Waals surface area contributed by atoms with Gasteiger partial charge in [-0.3, -0.25) is 0 Å². The van der Waals surface area contributed by atoms with Crippen LogP contribution >= 0.6 is 0 Å². The van der Waals surface area contributed by atoms with Gasteiger partial charge in [-0.15, -0.1) is 0 Å². The van der Waals surface area contributed by atoms with Crippen LogP contribution in [0, 0.1) is 0 Å². The second-order valence-corrected chi connectivity index (χ2v) is 9.23. The molecule has 0 aromatic heterocycles. The fourth-order valence-electron chi connectivity index (χ4n) is 5.50. The van der Waals surface area contributed by atoms with Crippen LogP contribution in [-0.4, -0.2) is 35.6 Å². The lowest BCUT2D eigenvalue weighted by Gasteiger charge is -2.52. The van der Waals surface area contributed by atoms with E-state index in [1.165, 1.54) is 42.5 Å². The fraction of sp³-hybridized carbons (Fsp3) is 0.583. The molecule has 0 radical (unpaired) electrons. The molecule has 2 heterocycles. The molecule has 1 saturated carbocycles. The van der Waals surface area contributed by atoms with Crippen molar-refractivity contribution in [2.24, 2.45) is 5.73 Å². The lowest BCUT2D eigenvalue weighted by Crippen LogP contribution is -2.62. The highest BCUT2D eigenvalue weighted by atomic mass is 15.3. The van der Waals surface area contributed by atoms with Gasteiger partial charge in [-0.05, 0) is 69.2 Å². The SMILES string of the molecule is C=C(NC(C)C)N1CCc2cc(C(=C)N3CCCC4(N)CCCCC34)ccc21. The summed E-state index contributed by atoms with van der Waals surface area (Å²) in [7, 11) is 0. The van der Waals surface area contributed by atoms with Crippen molar-refractivity contribution in [2.45, 2.75) is 76.4 Å². The quantitative estimate of drug-likeness (QED) is 0.803. The zero-order chi connectivity index (χ0) is 19.9. The highest BCUT2D eigenvalue weighted by Crippen LogP contribution is 2.41. The number of likely N-dealkylation sites (tertiary alicyclic amines) is 1. The number of benzene rings is 1. The lowest BCUT2D eigenvalue weighted by molar-refractivity contribution is 0.0822. The Labute approximate surface area is 170 Å².